The molecule has 0 aliphatic heterocycles. The van der Waals surface area contributed by atoms with Crippen molar-refractivity contribution in [3.8, 4) is 44.6 Å². The van der Waals surface area contributed by atoms with Crippen LogP contribution in [0.15, 0.2) is 176 Å². The Labute approximate surface area is 284 Å². The van der Waals surface area contributed by atoms with Crippen LogP contribution in [-0.4, -0.2) is 4.98 Å². The van der Waals surface area contributed by atoms with Crippen LogP contribution in [0.1, 0.15) is 22.3 Å². The van der Waals surface area contributed by atoms with E-state index in [9.17, 15) is 0 Å². The van der Waals surface area contributed by atoms with E-state index in [1.54, 1.807) is 0 Å². The fourth-order valence-corrected chi connectivity index (χ4v) is 9.10. The molecule has 1 heterocycles. The van der Waals surface area contributed by atoms with Crippen molar-refractivity contribution >= 4 is 32.3 Å². The maximum absolute atomic E-state index is 4.55. The van der Waals surface area contributed by atoms with Gasteiger partial charge in [-0.05, 0) is 118 Å². The molecular weight excluding hydrogens is 591 g/mol. The Hall–Kier alpha value is -6.31. The molecule has 0 saturated heterocycles. The molecule has 8 aromatic carbocycles. The number of aromatic nitrogens is 1. The summed E-state index contributed by atoms with van der Waals surface area (Å²) >= 11 is 0. The molecule has 0 N–H and O–H groups in total. The lowest BCUT2D eigenvalue weighted by molar-refractivity contribution is 0.803. The number of hydrogen-bond donors (Lipinski definition) is 0. The minimum absolute atomic E-state index is 0.435. The average molecular weight is 620 g/mol. The van der Waals surface area contributed by atoms with Crippen molar-refractivity contribution in [1.82, 2.24) is 4.98 Å². The highest BCUT2D eigenvalue weighted by atomic mass is 14.7. The summed E-state index contributed by atoms with van der Waals surface area (Å²) in [5.41, 5.74) is 15.0. The summed E-state index contributed by atoms with van der Waals surface area (Å²) in [6.07, 6.45) is 1.85. The molecule has 1 heteroatoms. The van der Waals surface area contributed by atoms with E-state index >= 15 is 0 Å². The Morgan fingerprint density at radius 2 is 0.959 bits per heavy atom. The third-order valence-corrected chi connectivity index (χ3v) is 11.1. The Morgan fingerprint density at radius 1 is 0.367 bits per heavy atom. The molecule has 0 bridgehead atoms. The molecule has 49 heavy (non-hydrogen) atoms. The fraction of sp³-hybridized carbons (Fsp3) is 0.0208. The first kappa shape index (κ1) is 26.7. The second-order valence-corrected chi connectivity index (χ2v) is 13.4. The van der Waals surface area contributed by atoms with E-state index in [1.165, 1.54) is 88.0 Å². The molecule has 0 atom stereocenters. The van der Waals surface area contributed by atoms with E-state index in [2.05, 4.69) is 163 Å². The third-order valence-electron chi connectivity index (χ3n) is 11.1. The zero-order valence-corrected chi connectivity index (χ0v) is 26.7. The summed E-state index contributed by atoms with van der Waals surface area (Å²) < 4.78 is 0. The van der Waals surface area contributed by atoms with Gasteiger partial charge in [0.05, 0.1) is 11.1 Å². The molecule has 1 spiro atoms. The smallest absolute Gasteiger partial charge is 0.0731 e. The lowest BCUT2D eigenvalue weighted by Crippen LogP contribution is -2.26. The minimum Gasteiger partial charge on any atom is -0.256 e. The van der Waals surface area contributed by atoms with E-state index in [4.69, 9.17) is 0 Å². The van der Waals surface area contributed by atoms with Gasteiger partial charge in [0.15, 0.2) is 0 Å². The molecule has 226 valence electrons. The number of fused-ring (bicyclic) bond motifs is 16. The van der Waals surface area contributed by atoms with Crippen molar-refractivity contribution in [3.63, 3.8) is 0 Å². The van der Waals surface area contributed by atoms with Gasteiger partial charge in [0.25, 0.3) is 0 Å². The van der Waals surface area contributed by atoms with Crippen molar-refractivity contribution in [2.75, 3.05) is 0 Å². The highest BCUT2D eigenvalue weighted by Crippen LogP contribution is 2.65. The Kier molecular flexibility index (Phi) is 5.38. The van der Waals surface area contributed by atoms with Gasteiger partial charge in [-0.15, -0.1) is 0 Å². The highest BCUT2D eigenvalue weighted by Gasteiger charge is 2.53. The van der Waals surface area contributed by atoms with Gasteiger partial charge in [0, 0.05) is 11.8 Å². The van der Waals surface area contributed by atoms with E-state index in [-0.39, 0.29) is 0 Å². The molecule has 2 aliphatic rings. The summed E-state index contributed by atoms with van der Waals surface area (Å²) in [7, 11) is 0. The van der Waals surface area contributed by atoms with Crippen molar-refractivity contribution in [1.29, 1.82) is 0 Å². The van der Waals surface area contributed by atoms with Gasteiger partial charge < -0.3 is 0 Å². The van der Waals surface area contributed by atoms with Crippen molar-refractivity contribution in [2.45, 2.75) is 5.41 Å². The molecule has 0 radical (unpaired) electrons. The molecular formula is C48H29N. The number of nitrogens with zero attached hydrogens (tertiary/aromatic N) is 1. The number of hydrogen-bond acceptors (Lipinski definition) is 1. The van der Waals surface area contributed by atoms with Crippen LogP contribution in [0.3, 0.4) is 0 Å². The maximum Gasteiger partial charge on any atom is 0.0731 e. The minimum atomic E-state index is -0.435. The van der Waals surface area contributed by atoms with Crippen LogP contribution in [-0.2, 0) is 5.41 Å². The third kappa shape index (κ3) is 3.51. The van der Waals surface area contributed by atoms with Gasteiger partial charge in [-0.3, -0.25) is 4.98 Å². The van der Waals surface area contributed by atoms with E-state index < -0.39 is 5.41 Å². The van der Waals surface area contributed by atoms with Gasteiger partial charge >= 0.3 is 0 Å². The van der Waals surface area contributed by atoms with Crippen LogP contribution in [0.4, 0.5) is 0 Å². The second-order valence-electron chi connectivity index (χ2n) is 13.4. The maximum atomic E-state index is 4.55. The standard InChI is InChI=1S/C48H29N/c1-3-15-39-35(11-1)36-12-2-4-16-40(36)47-46(39)41-28-33-25-24-32(30-20-22-31(23-21-30)45-19-9-10-26-49-45)27-34(33)29-44(41)48(47)42-17-7-5-13-37(42)38-14-6-8-18-43(38)48/h1-29H. The van der Waals surface area contributed by atoms with E-state index in [0.29, 0.717) is 0 Å². The Bertz CT molecular complexity index is 2760. The van der Waals surface area contributed by atoms with Gasteiger partial charge in [0.1, 0.15) is 0 Å². The quantitative estimate of drug-likeness (QED) is 0.175. The van der Waals surface area contributed by atoms with Gasteiger partial charge in [-0.25, -0.2) is 0 Å². The molecule has 1 aromatic heterocycles. The number of pyridine rings is 1. The van der Waals surface area contributed by atoms with Crippen molar-refractivity contribution in [3.05, 3.63) is 198 Å². The predicted molar refractivity (Wildman–Crippen MR) is 204 cm³/mol. The van der Waals surface area contributed by atoms with Crippen LogP contribution < -0.4 is 0 Å². The predicted octanol–water partition coefficient (Wildman–Crippen LogP) is 12.2. The SMILES string of the molecule is c1ccc(-c2ccc(-c3ccc4cc5c(cc4c3)C3(c4ccccc4-c4ccccc43)c3c-5c4ccccc4c4ccccc34)cc2)nc1. The van der Waals surface area contributed by atoms with Crippen LogP contribution in [0.25, 0.3) is 77.0 Å². The highest BCUT2D eigenvalue weighted by molar-refractivity contribution is 6.20. The first-order valence-electron chi connectivity index (χ1n) is 17.0. The normalized spacial score (nSPS) is 13.5. The number of benzene rings is 8. The first-order valence-corrected chi connectivity index (χ1v) is 17.0. The molecule has 0 fully saturated rings. The van der Waals surface area contributed by atoms with E-state index in [0.717, 1.165) is 11.3 Å². The molecule has 0 saturated carbocycles. The van der Waals surface area contributed by atoms with Gasteiger partial charge in [-0.2, -0.15) is 0 Å². The first-order chi connectivity index (χ1) is 24.3. The molecule has 2 aliphatic carbocycles. The second kappa shape index (κ2) is 9.86. The zero-order valence-electron chi connectivity index (χ0n) is 26.7. The van der Waals surface area contributed by atoms with Gasteiger partial charge in [0.2, 0.25) is 0 Å². The Balaban J connectivity index is 1.23. The average Bonchev–Trinajstić information content (AvgIpc) is 3.64. The fourth-order valence-electron chi connectivity index (χ4n) is 9.10. The van der Waals surface area contributed by atoms with Crippen molar-refractivity contribution < 1.29 is 0 Å². The lowest BCUT2D eigenvalue weighted by Gasteiger charge is -2.32. The Morgan fingerprint density at radius 3 is 1.67 bits per heavy atom. The van der Waals surface area contributed by atoms with Crippen LogP contribution in [0.5, 0.6) is 0 Å². The summed E-state index contributed by atoms with van der Waals surface area (Å²) in [5.74, 6) is 0. The summed E-state index contributed by atoms with van der Waals surface area (Å²) in [6.45, 7) is 0. The number of rotatable bonds is 2. The van der Waals surface area contributed by atoms with Crippen LogP contribution in [0.2, 0.25) is 0 Å². The molecule has 0 unspecified atom stereocenters. The molecule has 0 amide bonds. The largest absolute Gasteiger partial charge is 0.256 e. The van der Waals surface area contributed by atoms with Gasteiger partial charge in [-0.1, -0.05) is 140 Å². The lowest BCUT2D eigenvalue weighted by atomic mass is 9.69. The molecule has 11 rings (SSSR count). The summed E-state index contributed by atoms with van der Waals surface area (Å²) in [6, 6.07) is 63.1. The summed E-state index contributed by atoms with van der Waals surface area (Å²) in [5, 5.41) is 7.79. The molecule has 9 aromatic rings. The monoisotopic (exact) mass is 619 g/mol. The molecule has 1 nitrogen and oxygen atoms in total. The zero-order chi connectivity index (χ0) is 32.1. The topological polar surface area (TPSA) is 12.9 Å². The van der Waals surface area contributed by atoms with Crippen LogP contribution in [0, 0.1) is 0 Å². The van der Waals surface area contributed by atoms with Crippen LogP contribution >= 0.6 is 0 Å². The van der Waals surface area contributed by atoms with Crippen molar-refractivity contribution in [2.24, 2.45) is 0 Å². The van der Waals surface area contributed by atoms with E-state index in [1.807, 2.05) is 18.3 Å². The summed E-state index contributed by atoms with van der Waals surface area (Å²) in [4.78, 5) is 4.55.